The van der Waals surface area contributed by atoms with Crippen LogP contribution < -0.4 is 0 Å². The van der Waals surface area contributed by atoms with E-state index in [0.717, 1.165) is 28.2 Å². The summed E-state index contributed by atoms with van der Waals surface area (Å²) in [4.78, 5) is 23.5. The van der Waals surface area contributed by atoms with Crippen LogP contribution in [0.1, 0.15) is 24.0 Å². The van der Waals surface area contributed by atoms with Crippen LogP contribution in [0.25, 0.3) is 0 Å². The van der Waals surface area contributed by atoms with Crippen molar-refractivity contribution in [1.29, 1.82) is 0 Å². The van der Waals surface area contributed by atoms with E-state index in [1.54, 1.807) is 11.8 Å². The molecule has 2 rings (SSSR count). The molecule has 0 N–H and O–H groups in total. The zero-order valence-electron chi connectivity index (χ0n) is 10.8. The van der Waals surface area contributed by atoms with Gasteiger partial charge in [-0.2, -0.15) is 0 Å². The van der Waals surface area contributed by atoms with Crippen LogP contribution in [-0.4, -0.2) is 18.9 Å². The van der Waals surface area contributed by atoms with Gasteiger partial charge >= 0.3 is 5.97 Å². The number of hydrogen-bond acceptors (Lipinski definition) is 4. The van der Waals surface area contributed by atoms with E-state index in [4.69, 9.17) is 0 Å². The van der Waals surface area contributed by atoms with Gasteiger partial charge in [-0.05, 0) is 17.5 Å². The first kappa shape index (κ1) is 13.9. The quantitative estimate of drug-likeness (QED) is 0.776. The van der Waals surface area contributed by atoms with Gasteiger partial charge in [-0.25, -0.2) is 0 Å². The number of thioether (sulfide) groups is 1. The number of carbonyl (C=O) groups is 2. The van der Waals surface area contributed by atoms with Crippen LogP contribution in [-0.2, 0) is 26.5 Å². The number of ketones is 1. The molecule has 0 bridgehead atoms. The van der Waals surface area contributed by atoms with E-state index in [9.17, 15) is 9.59 Å². The highest BCUT2D eigenvalue weighted by molar-refractivity contribution is 8.03. The third-order valence-electron chi connectivity index (χ3n) is 2.97. The molecule has 0 aliphatic heterocycles. The summed E-state index contributed by atoms with van der Waals surface area (Å²) in [6.45, 7) is 0. The zero-order chi connectivity index (χ0) is 13.7. The molecule has 0 radical (unpaired) electrons. The minimum Gasteiger partial charge on any atom is -0.469 e. The number of hydrogen-bond donors (Lipinski definition) is 0. The maximum Gasteiger partial charge on any atom is 0.309 e. The fourth-order valence-electron chi connectivity index (χ4n) is 1.86. The summed E-state index contributed by atoms with van der Waals surface area (Å²) in [5.74, 6) is 0.812. The summed E-state index contributed by atoms with van der Waals surface area (Å²) >= 11 is 1.59. The van der Waals surface area contributed by atoms with Crippen LogP contribution in [0.4, 0.5) is 0 Å². The molecule has 1 aromatic carbocycles. The largest absolute Gasteiger partial charge is 0.469 e. The van der Waals surface area contributed by atoms with Gasteiger partial charge in [0.25, 0.3) is 0 Å². The van der Waals surface area contributed by atoms with Gasteiger partial charge in [0.2, 0.25) is 0 Å². The lowest BCUT2D eigenvalue weighted by Crippen LogP contribution is -2.04. The highest BCUT2D eigenvalue weighted by Crippen LogP contribution is 2.28. The van der Waals surface area contributed by atoms with Crippen molar-refractivity contribution in [2.24, 2.45) is 0 Å². The molecule has 100 valence electrons. The number of allylic oxidation sites excluding steroid dienone is 2. The molecule has 1 aliphatic carbocycles. The number of ether oxygens (including phenoxy) is 1. The van der Waals surface area contributed by atoms with E-state index in [1.165, 1.54) is 7.11 Å². The average Bonchev–Trinajstić information content (AvgIpc) is 2.83. The second-order valence-corrected chi connectivity index (χ2v) is 5.41. The maximum atomic E-state index is 11.5. The second-order valence-electron chi connectivity index (χ2n) is 4.39. The molecule has 0 fully saturated rings. The van der Waals surface area contributed by atoms with Crippen molar-refractivity contribution in [3.63, 3.8) is 0 Å². The Balaban J connectivity index is 1.88. The predicted molar refractivity (Wildman–Crippen MR) is 75.8 cm³/mol. The van der Waals surface area contributed by atoms with Crippen LogP contribution >= 0.6 is 11.8 Å². The van der Waals surface area contributed by atoms with E-state index in [0.29, 0.717) is 12.8 Å². The van der Waals surface area contributed by atoms with E-state index in [2.05, 4.69) is 4.74 Å². The van der Waals surface area contributed by atoms with Gasteiger partial charge in [-0.15, -0.1) is 11.8 Å². The highest BCUT2D eigenvalue weighted by Gasteiger charge is 2.15. The number of benzene rings is 1. The first-order valence-electron chi connectivity index (χ1n) is 6.20. The molecule has 0 aromatic heterocycles. The Kier molecular flexibility index (Phi) is 4.80. The Bertz CT molecular complexity index is 503. The predicted octanol–water partition coefficient (Wildman–Crippen LogP) is 2.88. The van der Waals surface area contributed by atoms with Gasteiger partial charge in [0.15, 0.2) is 5.78 Å². The van der Waals surface area contributed by atoms with Crippen molar-refractivity contribution in [2.45, 2.75) is 25.0 Å². The van der Waals surface area contributed by atoms with E-state index < -0.39 is 0 Å². The number of carbonyl (C=O) groups excluding carboxylic acids is 2. The molecule has 0 amide bonds. The van der Waals surface area contributed by atoms with E-state index >= 15 is 0 Å². The lowest BCUT2D eigenvalue weighted by molar-refractivity contribution is -0.139. The minimum absolute atomic E-state index is 0.233. The third-order valence-corrected chi connectivity index (χ3v) is 4.15. The molecule has 0 saturated carbocycles. The van der Waals surface area contributed by atoms with E-state index in [-0.39, 0.29) is 11.8 Å². The van der Waals surface area contributed by atoms with Crippen molar-refractivity contribution in [3.8, 4) is 0 Å². The number of rotatable bonds is 5. The molecule has 0 atom stereocenters. The van der Waals surface area contributed by atoms with Crippen molar-refractivity contribution < 1.29 is 14.3 Å². The lowest BCUT2D eigenvalue weighted by atomic mass is 10.1. The average molecular weight is 276 g/mol. The Morgan fingerprint density at radius 2 is 1.95 bits per heavy atom. The summed E-state index contributed by atoms with van der Waals surface area (Å²) < 4.78 is 4.62. The summed E-state index contributed by atoms with van der Waals surface area (Å²) in [5.41, 5.74) is 2.09. The molecule has 0 spiro atoms. The summed E-state index contributed by atoms with van der Waals surface area (Å²) in [6, 6.07) is 7.84. The monoisotopic (exact) mass is 276 g/mol. The summed E-state index contributed by atoms with van der Waals surface area (Å²) in [6.07, 6.45) is 3.84. The highest BCUT2D eigenvalue weighted by atomic mass is 32.2. The van der Waals surface area contributed by atoms with Gasteiger partial charge in [0.1, 0.15) is 0 Å². The van der Waals surface area contributed by atoms with Crippen molar-refractivity contribution in [1.82, 2.24) is 0 Å². The third kappa shape index (κ3) is 3.96. The summed E-state index contributed by atoms with van der Waals surface area (Å²) in [5, 5.41) is 0. The smallest absolute Gasteiger partial charge is 0.309 e. The fraction of sp³-hybridized carbons (Fsp3) is 0.333. The Morgan fingerprint density at radius 3 is 2.53 bits per heavy atom. The van der Waals surface area contributed by atoms with Gasteiger partial charge in [-0.1, -0.05) is 30.3 Å². The summed E-state index contributed by atoms with van der Waals surface area (Å²) in [7, 11) is 1.39. The van der Waals surface area contributed by atoms with Crippen LogP contribution in [0.3, 0.4) is 0 Å². The molecule has 4 heteroatoms. The van der Waals surface area contributed by atoms with Crippen LogP contribution in [0, 0.1) is 0 Å². The standard InChI is InChI=1S/C15H16O3S/c1-18-15(17)9-11-5-7-12(8-6-11)10-19-14-4-2-3-13(14)16/h4-8H,2-3,9-10H2,1H3. The Hall–Kier alpha value is -1.55. The zero-order valence-corrected chi connectivity index (χ0v) is 11.7. The second kappa shape index (κ2) is 6.57. The number of methoxy groups -OCH3 is 1. The SMILES string of the molecule is COC(=O)Cc1ccc(CSC2=CCCC2=O)cc1. The first-order valence-corrected chi connectivity index (χ1v) is 7.18. The minimum atomic E-state index is -0.233. The van der Waals surface area contributed by atoms with Crippen LogP contribution in [0.5, 0.6) is 0 Å². The fourth-order valence-corrected chi connectivity index (χ4v) is 2.88. The van der Waals surface area contributed by atoms with Crippen LogP contribution in [0.2, 0.25) is 0 Å². The molecule has 0 heterocycles. The molecule has 19 heavy (non-hydrogen) atoms. The molecular formula is C15H16O3S. The topological polar surface area (TPSA) is 43.4 Å². The van der Waals surface area contributed by atoms with Gasteiger partial charge in [0.05, 0.1) is 13.5 Å². The molecule has 1 aromatic rings. The van der Waals surface area contributed by atoms with Crippen molar-refractivity contribution in [2.75, 3.05) is 7.11 Å². The Morgan fingerprint density at radius 1 is 1.26 bits per heavy atom. The maximum absolute atomic E-state index is 11.5. The molecule has 1 aliphatic rings. The molecule has 0 unspecified atom stereocenters. The first-order chi connectivity index (χ1) is 9.19. The normalized spacial score (nSPS) is 14.4. The number of Topliss-reactive ketones (excluding diaryl/α,β-unsaturated/α-hetero) is 1. The van der Waals surface area contributed by atoms with Crippen molar-refractivity contribution >= 4 is 23.5 Å². The van der Waals surface area contributed by atoms with Crippen molar-refractivity contribution in [3.05, 3.63) is 46.4 Å². The lowest BCUT2D eigenvalue weighted by Gasteiger charge is -2.04. The molecule has 3 nitrogen and oxygen atoms in total. The molecular weight excluding hydrogens is 260 g/mol. The Labute approximate surface area is 117 Å². The van der Waals surface area contributed by atoms with E-state index in [1.807, 2.05) is 30.3 Å². The van der Waals surface area contributed by atoms with Gasteiger partial charge in [0, 0.05) is 17.1 Å². The molecule has 0 saturated heterocycles. The van der Waals surface area contributed by atoms with Crippen LogP contribution in [0.15, 0.2) is 35.2 Å². The van der Waals surface area contributed by atoms with Gasteiger partial charge in [-0.3, -0.25) is 9.59 Å². The van der Waals surface area contributed by atoms with Gasteiger partial charge < -0.3 is 4.74 Å². The number of esters is 1.